The van der Waals surface area contributed by atoms with E-state index in [-0.39, 0.29) is 34.1 Å². The van der Waals surface area contributed by atoms with Crippen molar-refractivity contribution in [3.05, 3.63) is 82.6 Å². The Morgan fingerprint density at radius 3 is 2.49 bits per heavy atom. The molecule has 0 saturated heterocycles. The molecule has 4 aromatic rings. The molecule has 7 nitrogen and oxygen atoms in total. The number of rotatable bonds is 6. The summed E-state index contributed by atoms with van der Waals surface area (Å²) in [5, 5.41) is 14.0. The van der Waals surface area contributed by atoms with Gasteiger partial charge in [-0.3, -0.25) is 9.59 Å². The first kappa shape index (κ1) is 26.6. The number of aromatic nitrogens is 1. The van der Waals surface area contributed by atoms with Crippen LogP contribution in [0.3, 0.4) is 0 Å². The van der Waals surface area contributed by atoms with Gasteiger partial charge in [-0.2, -0.15) is 13.2 Å². The van der Waals surface area contributed by atoms with Crippen LogP contribution in [0.25, 0.3) is 21.3 Å². The maximum absolute atomic E-state index is 14.5. The van der Waals surface area contributed by atoms with Crippen molar-refractivity contribution in [2.45, 2.75) is 24.1 Å². The van der Waals surface area contributed by atoms with E-state index >= 15 is 0 Å². The van der Waals surface area contributed by atoms with Gasteiger partial charge in [0.05, 0.1) is 17.1 Å². The van der Waals surface area contributed by atoms with Gasteiger partial charge in [-0.25, -0.2) is 9.37 Å². The van der Waals surface area contributed by atoms with E-state index in [1.54, 1.807) is 24.3 Å². The van der Waals surface area contributed by atoms with Crippen LogP contribution >= 0.6 is 11.3 Å². The minimum atomic E-state index is -5.30. The van der Waals surface area contributed by atoms with Gasteiger partial charge in [0.1, 0.15) is 29.3 Å². The lowest BCUT2D eigenvalue weighted by molar-refractivity contribution is -0.265. The van der Waals surface area contributed by atoms with Gasteiger partial charge in [-0.05, 0) is 54.8 Å². The number of nitrogens with two attached hydrogens (primary N) is 1. The third kappa shape index (κ3) is 4.49. The van der Waals surface area contributed by atoms with Crippen molar-refractivity contribution < 1.29 is 37.0 Å². The second-order valence-corrected chi connectivity index (χ2v) is 10.5. The summed E-state index contributed by atoms with van der Waals surface area (Å²) in [7, 11) is 0. The molecule has 2 aromatic carbocycles. The van der Waals surface area contributed by atoms with Crippen LogP contribution in [0.15, 0.2) is 60.7 Å². The van der Waals surface area contributed by atoms with Crippen LogP contribution < -0.4 is 15.8 Å². The van der Waals surface area contributed by atoms with Gasteiger partial charge < -0.3 is 20.9 Å². The third-order valence-electron chi connectivity index (χ3n) is 6.78. The molecular formula is C27H21F4N3O4S. The van der Waals surface area contributed by atoms with Crippen LogP contribution in [0, 0.1) is 5.82 Å². The summed E-state index contributed by atoms with van der Waals surface area (Å²) < 4.78 is 63.4. The summed E-state index contributed by atoms with van der Waals surface area (Å²) in [5.74, 6) is -2.28. The molecule has 12 heteroatoms. The fourth-order valence-electron chi connectivity index (χ4n) is 4.33. The first-order valence-corrected chi connectivity index (χ1v) is 12.5. The Labute approximate surface area is 223 Å². The number of fused-ring (bicyclic) bond motifs is 2. The van der Waals surface area contributed by atoms with Crippen molar-refractivity contribution in [3.63, 3.8) is 0 Å². The van der Waals surface area contributed by atoms with E-state index < -0.39 is 47.1 Å². The summed E-state index contributed by atoms with van der Waals surface area (Å²) in [6.45, 7) is -0.147. The molecule has 5 rings (SSSR count). The molecule has 0 aliphatic carbocycles. The number of carbonyl (C=O) groups is 2. The van der Waals surface area contributed by atoms with Crippen LogP contribution in [0.1, 0.15) is 27.9 Å². The molecule has 0 fully saturated rings. The molecule has 0 radical (unpaired) electrons. The van der Waals surface area contributed by atoms with E-state index in [2.05, 4.69) is 10.3 Å². The predicted octanol–water partition coefficient (Wildman–Crippen LogP) is 4.42. The van der Waals surface area contributed by atoms with E-state index in [0.29, 0.717) is 0 Å². The summed E-state index contributed by atoms with van der Waals surface area (Å²) >= 11 is 1.09. The van der Waals surface area contributed by atoms with Crippen LogP contribution in [0.4, 0.5) is 17.6 Å². The van der Waals surface area contributed by atoms with Crippen LogP contribution in [-0.4, -0.2) is 41.2 Å². The standard InChI is InChI=1S/C27H21F4N3O4S/c1-25(24(32)36)13-38-22-17(25)11-20(34-21(22)14-6-8-16(28)9-7-14)26(37,27(29,30)31)12-33-23(35)19-10-15-4-2-3-5-18(15)39-19/h2-11,37H,12-13H2,1H3,(H2,32,36)(H,33,35)/t25-,26-/m0/s1. The van der Waals surface area contributed by atoms with Gasteiger partial charge in [0.15, 0.2) is 0 Å². The van der Waals surface area contributed by atoms with Gasteiger partial charge in [-0.1, -0.05) is 18.2 Å². The van der Waals surface area contributed by atoms with Crippen LogP contribution in [0.5, 0.6) is 5.75 Å². The molecule has 0 bridgehead atoms. The second-order valence-electron chi connectivity index (χ2n) is 9.41. The first-order chi connectivity index (χ1) is 18.3. The summed E-state index contributed by atoms with van der Waals surface area (Å²) in [5.41, 5.74) is -0.497. The maximum atomic E-state index is 14.5. The van der Waals surface area contributed by atoms with E-state index in [9.17, 15) is 32.3 Å². The van der Waals surface area contributed by atoms with Crippen molar-refractivity contribution in [2.24, 2.45) is 5.73 Å². The number of aliphatic hydroxyl groups is 1. The van der Waals surface area contributed by atoms with Gasteiger partial charge >= 0.3 is 6.18 Å². The smallest absolute Gasteiger partial charge is 0.424 e. The molecule has 0 saturated carbocycles. The Morgan fingerprint density at radius 1 is 1.15 bits per heavy atom. The lowest BCUT2D eigenvalue weighted by Crippen LogP contribution is -2.51. The zero-order valence-electron chi connectivity index (χ0n) is 20.3. The minimum Gasteiger partial charge on any atom is -0.489 e. The van der Waals surface area contributed by atoms with Crippen molar-refractivity contribution >= 4 is 33.2 Å². The summed E-state index contributed by atoms with van der Waals surface area (Å²) in [4.78, 5) is 29.3. The number of benzene rings is 2. The zero-order valence-corrected chi connectivity index (χ0v) is 21.1. The molecule has 1 aliphatic heterocycles. The fraction of sp³-hybridized carbons (Fsp3) is 0.222. The van der Waals surface area contributed by atoms with Crippen molar-refractivity contribution in [3.8, 4) is 17.0 Å². The van der Waals surface area contributed by atoms with Crippen molar-refractivity contribution in [1.29, 1.82) is 0 Å². The van der Waals surface area contributed by atoms with Crippen LogP contribution in [-0.2, 0) is 15.8 Å². The largest absolute Gasteiger partial charge is 0.489 e. The quantitative estimate of drug-likeness (QED) is 0.303. The molecule has 2 atom stereocenters. The molecule has 0 spiro atoms. The molecule has 4 N–H and O–H groups in total. The normalized spacial score (nSPS) is 18.3. The monoisotopic (exact) mass is 559 g/mol. The number of nitrogens with zero attached hydrogens (tertiary/aromatic N) is 1. The fourth-order valence-corrected chi connectivity index (χ4v) is 5.31. The van der Waals surface area contributed by atoms with E-state index in [1.165, 1.54) is 25.1 Å². The summed E-state index contributed by atoms with van der Waals surface area (Å²) in [6, 6.07) is 14.2. The maximum Gasteiger partial charge on any atom is 0.424 e. The molecule has 2 aromatic heterocycles. The highest BCUT2D eigenvalue weighted by Gasteiger charge is 2.57. The van der Waals surface area contributed by atoms with E-state index in [4.69, 9.17) is 10.5 Å². The van der Waals surface area contributed by atoms with E-state index in [0.717, 1.165) is 39.6 Å². The Balaban J connectivity index is 1.59. The molecule has 39 heavy (non-hydrogen) atoms. The SMILES string of the molecule is C[C@]1(C(N)=O)COc2c1cc([C@@](O)(CNC(=O)c1cc3ccccc3s1)C(F)(F)F)nc2-c1ccc(F)cc1. The number of hydrogen-bond acceptors (Lipinski definition) is 6. The number of halogens is 4. The number of pyridine rings is 1. The number of ether oxygens (including phenoxy) is 1. The number of hydrogen-bond donors (Lipinski definition) is 3. The molecule has 202 valence electrons. The minimum absolute atomic E-state index is 0.00880. The number of thiophene rings is 1. The van der Waals surface area contributed by atoms with Gasteiger partial charge in [0.2, 0.25) is 11.5 Å². The molecule has 1 aliphatic rings. The number of carbonyl (C=O) groups excluding carboxylic acids is 2. The predicted molar refractivity (Wildman–Crippen MR) is 136 cm³/mol. The third-order valence-corrected chi connectivity index (χ3v) is 7.90. The number of nitrogens with one attached hydrogen (secondary N) is 1. The molecular weight excluding hydrogens is 538 g/mol. The topological polar surface area (TPSA) is 115 Å². The molecule has 2 amide bonds. The van der Waals surface area contributed by atoms with Crippen molar-refractivity contribution in [2.75, 3.05) is 13.2 Å². The Hall–Kier alpha value is -4.03. The Morgan fingerprint density at radius 2 is 1.85 bits per heavy atom. The van der Waals surface area contributed by atoms with Crippen molar-refractivity contribution in [1.82, 2.24) is 10.3 Å². The second kappa shape index (κ2) is 9.31. The summed E-state index contributed by atoms with van der Waals surface area (Å²) in [6.07, 6.45) is -5.30. The van der Waals surface area contributed by atoms with Gasteiger partial charge in [0, 0.05) is 15.8 Å². The molecule has 3 heterocycles. The van der Waals surface area contributed by atoms with Gasteiger partial charge in [-0.15, -0.1) is 11.3 Å². The zero-order chi connectivity index (χ0) is 28.2. The van der Waals surface area contributed by atoms with Gasteiger partial charge in [0.25, 0.3) is 5.91 Å². The number of amides is 2. The lowest BCUT2D eigenvalue weighted by Gasteiger charge is -2.31. The van der Waals surface area contributed by atoms with E-state index in [1.807, 2.05) is 0 Å². The number of alkyl halides is 3. The van der Waals surface area contributed by atoms with Crippen LogP contribution in [0.2, 0.25) is 0 Å². The highest BCUT2D eigenvalue weighted by molar-refractivity contribution is 7.20. The number of primary amides is 1. The Kier molecular flexibility index (Phi) is 6.34. The lowest BCUT2D eigenvalue weighted by atomic mass is 9.81. The highest BCUT2D eigenvalue weighted by Crippen LogP contribution is 2.47. The Bertz CT molecular complexity index is 1570. The average Bonchev–Trinajstić information content (AvgIpc) is 3.49. The highest BCUT2D eigenvalue weighted by atomic mass is 32.1. The average molecular weight is 560 g/mol. The molecule has 0 unspecified atom stereocenters. The first-order valence-electron chi connectivity index (χ1n) is 11.6.